The van der Waals surface area contributed by atoms with Crippen molar-refractivity contribution >= 4 is 11.5 Å². The minimum absolute atomic E-state index is 0.280. The van der Waals surface area contributed by atoms with Gasteiger partial charge < -0.3 is 19.9 Å². The largest absolute Gasteiger partial charge is 0.495 e. The van der Waals surface area contributed by atoms with E-state index in [1.54, 1.807) is 19.8 Å². The van der Waals surface area contributed by atoms with Crippen LogP contribution >= 0.6 is 0 Å². The summed E-state index contributed by atoms with van der Waals surface area (Å²) in [5.74, 6) is 1.99. The van der Waals surface area contributed by atoms with E-state index < -0.39 is 0 Å². The smallest absolute Gasteiger partial charge is 0.142 e. The number of hydrogen-bond acceptors (Lipinski definition) is 7. The Kier molecular flexibility index (Phi) is 6.44. The standard InChI is InChI=1S/C22H29N7O/c1-18(15-29-17-23-16-26-29)25-14-19-6-5-9-24-22(19)28-12-10-27(11-13-28)20-7-3-4-8-21(20)30-2/h3-9,16-18,25H,10-15H2,1-2H3/t18-/m0/s1. The maximum Gasteiger partial charge on any atom is 0.142 e. The van der Waals surface area contributed by atoms with Gasteiger partial charge in [-0.2, -0.15) is 5.10 Å². The van der Waals surface area contributed by atoms with Crippen molar-refractivity contribution in [2.75, 3.05) is 43.1 Å². The second-order valence-corrected chi connectivity index (χ2v) is 7.53. The van der Waals surface area contributed by atoms with Crippen LogP contribution in [-0.2, 0) is 13.1 Å². The molecule has 8 heteroatoms. The number of piperazine rings is 1. The zero-order valence-electron chi connectivity index (χ0n) is 17.6. The number of methoxy groups -OCH3 is 1. The summed E-state index contributed by atoms with van der Waals surface area (Å²) in [7, 11) is 1.73. The Labute approximate surface area is 177 Å². The number of hydrogen-bond donors (Lipinski definition) is 1. The van der Waals surface area contributed by atoms with Crippen LogP contribution in [0, 0.1) is 0 Å². The van der Waals surface area contributed by atoms with Crippen LogP contribution in [0.25, 0.3) is 0 Å². The Balaban J connectivity index is 1.37. The third kappa shape index (κ3) is 4.71. The van der Waals surface area contributed by atoms with E-state index in [1.165, 1.54) is 5.56 Å². The number of ether oxygens (including phenoxy) is 1. The first-order chi connectivity index (χ1) is 14.7. The Hall–Kier alpha value is -3.13. The van der Waals surface area contributed by atoms with E-state index in [9.17, 15) is 0 Å². The predicted octanol–water partition coefficient (Wildman–Crippen LogP) is 2.19. The van der Waals surface area contributed by atoms with Crippen molar-refractivity contribution in [3.8, 4) is 5.75 Å². The summed E-state index contributed by atoms with van der Waals surface area (Å²) < 4.78 is 7.38. The average molecular weight is 408 g/mol. The van der Waals surface area contributed by atoms with Gasteiger partial charge in [0.1, 0.15) is 24.2 Å². The highest BCUT2D eigenvalue weighted by atomic mass is 16.5. The number of nitrogens with one attached hydrogen (secondary N) is 1. The molecule has 0 unspecified atom stereocenters. The normalized spacial score (nSPS) is 15.3. The van der Waals surface area contributed by atoms with Crippen molar-refractivity contribution in [1.29, 1.82) is 0 Å². The lowest BCUT2D eigenvalue weighted by Gasteiger charge is -2.38. The Morgan fingerprint density at radius 2 is 1.87 bits per heavy atom. The van der Waals surface area contributed by atoms with E-state index in [2.05, 4.69) is 50.3 Å². The molecule has 1 saturated heterocycles. The predicted molar refractivity (Wildman–Crippen MR) is 118 cm³/mol. The van der Waals surface area contributed by atoms with Gasteiger partial charge in [0.25, 0.3) is 0 Å². The van der Waals surface area contributed by atoms with E-state index in [1.807, 2.05) is 29.1 Å². The van der Waals surface area contributed by atoms with Crippen molar-refractivity contribution < 1.29 is 4.74 Å². The van der Waals surface area contributed by atoms with Crippen LogP contribution in [0.5, 0.6) is 5.75 Å². The molecule has 0 aliphatic carbocycles. The molecule has 1 aliphatic rings. The number of rotatable bonds is 8. The van der Waals surface area contributed by atoms with Crippen LogP contribution in [-0.4, -0.2) is 59.1 Å². The summed E-state index contributed by atoms with van der Waals surface area (Å²) >= 11 is 0. The number of anilines is 2. The van der Waals surface area contributed by atoms with Crippen molar-refractivity contribution in [3.63, 3.8) is 0 Å². The number of benzene rings is 1. The quantitative estimate of drug-likeness (QED) is 0.614. The van der Waals surface area contributed by atoms with E-state index in [4.69, 9.17) is 9.72 Å². The molecule has 1 aliphatic heterocycles. The van der Waals surface area contributed by atoms with Gasteiger partial charge in [-0.25, -0.2) is 9.97 Å². The van der Waals surface area contributed by atoms with Gasteiger partial charge in [-0.05, 0) is 25.1 Å². The molecule has 2 aromatic heterocycles. The van der Waals surface area contributed by atoms with Crippen LogP contribution in [0.2, 0.25) is 0 Å². The van der Waals surface area contributed by atoms with Gasteiger partial charge in [-0.1, -0.05) is 18.2 Å². The number of nitrogens with zero attached hydrogens (tertiary/aromatic N) is 6. The van der Waals surface area contributed by atoms with Gasteiger partial charge in [-0.3, -0.25) is 4.68 Å². The van der Waals surface area contributed by atoms with Gasteiger partial charge in [0.15, 0.2) is 0 Å². The zero-order valence-corrected chi connectivity index (χ0v) is 17.6. The summed E-state index contributed by atoms with van der Waals surface area (Å²) in [6.45, 7) is 7.44. The average Bonchev–Trinajstić information content (AvgIpc) is 3.31. The molecule has 0 radical (unpaired) electrons. The van der Waals surface area contributed by atoms with Crippen molar-refractivity contribution in [1.82, 2.24) is 25.1 Å². The number of pyridine rings is 1. The maximum atomic E-state index is 5.53. The zero-order chi connectivity index (χ0) is 20.8. The molecule has 0 amide bonds. The molecule has 0 bridgehead atoms. The molecule has 4 rings (SSSR count). The van der Waals surface area contributed by atoms with Gasteiger partial charge in [0.2, 0.25) is 0 Å². The van der Waals surface area contributed by atoms with Crippen LogP contribution < -0.4 is 19.9 Å². The summed E-state index contributed by atoms with van der Waals surface area (Å²) in [6, 6.07) is 12.7. The minimum Gasteiger partial charge on any atom is -0.495 e. The van der Waals surface area contributed by atoms with Crippen molar-refractivity contribution in [3.05, 3.63) is 60.8 Å². The Bertz CT molecular complexity index is 923. The molecule has 1 N–H and O–H groups in total. The van der Waals surface area contributed by atoms with Crippen molar-refractivity contribution in [2.24, 2.45) is 0 Å². The van der Waals surface area contributed by atoms with Gasteiger partial charge in [0.05, 0.1) is 19.3 Å². The summed E-state index contributed by atoms with van der Waals surface area (Å²) in [5, 5.41) is 7.76. The third-order valence-electron chi connectivity index (χ3n) is 5.44. The fraction of sp³-hybridized carbons (Fsp3) is 0.409. The van der Waals surface area contributed by atoms with Crippen LogP contribution in [0.4, 0.5) is 11.5 Å². The second-order valence-electron chi connectivity index (χ2n) is 7.53. The third-order valence-corrected chi connectivity index (χ3v) is 5.44. The first-order valence-corrected chi connectivity index (χ1v) is 10.4. The SMILES string of the molecule is COc1ccccc1N1CCN(c2ncccc2CN[C@@H](C)Cn2cncn2)CC1. The topological polar surface area (TPSA) is 71.3 Å². The summed E-state index contributed by atoms with van der Waals surface area (Å²) in [4.78, 5) is 13.5. The number of aromatic nitrogens is 4. The Morgan fingerprint density at radius 3 is 2.63 bits per heavy atom. The molecule has 30 heavy (non-hydrogen) atoms. The van der Waals surface area contributed by atoms with Gasteiger partial charge >= 0.3 is 0 Å². The monoisotopic (exact) mass is 407 g/mol. The highest BCUT2D eigenvalue weighted by Gasteiger charge is 2.22. The fourth-order valence-electron chi connectivity index (χ4n) is 3.86. The van der Waals surface area contributed by atoms with E-state index in [0.29, 0.717) is 0 Å². The molecule has 0 saturated carbocycles. The molecule has 8 nitrogen and oxygen atoms in total. The Morgan fingerprint density at radius 1 is 1.07 bits per heavy atom. The fourth-order valence-corrected chi connectivity index (χ4v) is 3.86. The molecular formula is C22H29N7O. The van der Waals surface area contributed by atoms with Crippen LogP contribution in [0.3, 0.4) is 0 Å². The molecule has 0 spiro atoms. The molecular weight excluding hydrogens is 378 g/mol. The molecule has 1 atom stereocenters. The van der Waals surface area contributed by atoms with Crippen molar-refractivity contribution in [2.45, 2.75) is 26.1 Å². The van der Waals surface area contributed by atoms with Gasteiger partial charge in [-0.15, -0.1) is 0 Å². The molecule has 3 aromatic rings. The molecule has 158 valence electrons. The lowest BCUT2D eigenvalue weighted by molar-refractivity contribution is 0.413. The van der Waals surface area contributed by atoms with Crippen LogP contribution in [0.1, 0.15) is 12.5 Å². The van der Waals surface area contributed by atoms with Crippen LogP contribution in [0.15, 0.2) is 55.2 Å². The molecule has 1 fully saturated rings. The van der Waals surface area contributed by atoms with Gasteiger partial charge in [0, 0.05) is 50.5 Å². The second kappa shape index (κ2) is 9.58. The van der Waals surface area contributed by atoms with E-state index in [-0.39, 0.29) is 6.04 Å². The summed E-state index contributed by atoms with van der Waals surface area (Å²) in [6.07, 6.45) is 5.19. The van der Waals surface area contributed by atoms with E-state index in [0.717, 1.165) is 56.5 Å². The summed E-state index contributed by atoms with van der Waals surface area (Å²) in [5.41, 5.74) is 2.37. The highest BCUT2D eigenvalue weighted by molar-refractivity contribution is 5.60. The minimum atomic E-state index is 0.280. The van der Waals surface area contributed by atoms with E-state index >= 15 is 0 Å². The lowest BCUT2D eigenvalue weighted by Crippen LogP contribution is -2.47. The molecule has 1 aromatic carbocycles. The highest BCUT2D eigenvalue weighted by Crippen LogP contribution is 2.29. The first kappa shape index (κ1) is 20.2. The first-order valence-electron chi connectivity index (χ1n) is 10.4. The molecule has 3 heterocycles. The lowest BCUT2D eigenvalue weighted by atomic mass is 10.2. The maximum absolute atomic E-state index is 5.53. The number of para-hydroxylation sites is 2.